The number of aliphatic hydroxyl groups is 1. The Bertz CT molecular complexity index is 665. The Morgan fingerprint density at radius 3 is 3.00 bits per heavy atom. The molecule has 1 saturated heterocycles. The van der Waals surface area contributed by atoms with Gasteiger partial charge in [0.05, 0.1) is 6.26 Å². The van der Waals surface area contributed by atoms with Crippen LogP contribution in [-0.4, -0.2) is 38.4 Å². The molecular formula is C17H24N4O3. The molecule has 2 N–H and O–H groups in total. The second-order valence-electron chi connectivity index (χ2n) is 6.46. The van der Waals surface area contributed by atoms with Crippen molar-refractivity contribution >= 4 is 11.8 Å². The second-order valence-corrected chi connectivity index (χ2v) is 6.46. The van der Waals surface area contributed by atoms with E-state index >= 15 is 0 Å². The highest BCUT2D eigenvalue weighted by Crippen LogP contribution is 2.28. The molecule has 1 fully saturated rings. The Kier molecular flexibility index (Phi) is 4.89. The summed E-state index contributed by atoms with van der Waals surface area (Å²) in [5.41, 5.74) is 0. The molecule has 7 heteroatoms. The molecule has 3 heterocycles. The van der Waals surface area contributed by atoms with Crippen LogP contribution in [0.3, 0.4) is 0 Å². The summed E-state index contributed by atoms with van der Waals surface area (Å²) >= 11 is 0. The number of hydrogen-bond donors (Lipinski definition) is 2. The topological polar surface area (TPSA) is 83.5 Å². The van der Waals surface area contributed by atoms with Crippen LogP contribution in [0.25, 0.3) is 0 Å². The van der Waals surface area contributed by atoms with Crippen LogP contribution in [0.1, 0.15) is 51.0 Å². The van der Waals surface area contributed by atoms with Crippen molar-refractivity contribution in [1.82, 2.24) is 14.7 Å². The number of anilines is 1. The monoisotopic (exact) mass is 332 g/mol. The third-order valence-corrected chi connectivity index (χ3v) is 4.38. The summed E-state index contributed by atoms with van der Waals surface area (Å²) in [4.78, 5) is 14.3. The quantitative estimate of drug-likeness (QED) is 0.881. The average Bonchev–Trinajstić information content (AvgIpc) is 3.28. The largest absolute Gasteiger partial charge is 0.467 e. The minimum absolute atomic E-state index is 0.00251. The fourth-order valence-corrected chi connectivity index (χ4v) is 3.08. The van der Waals surface area contributed by atoms with Crippen LogP contribution in [0.2, 0.25) is 0 Å². The number of furan rings is 1. The summed E-state index contributed by atoms with van der Waals surface area (Å²) in [5.74, 6) is 1.09. The molecule has 24 heavy (non-hydrogen) atoms. The van der Waals surface area contributed by atoms with Crippen molar-refractivity contribution in [2.45, 2.75) is 51.3 Å². The Labute approximate surface area is 141 Å². The first-order valence-electron chi connectivity index (χ1n) is 8.39. The molecule has 0 aromatic carbocycles. The average molecular weight is 332 g/mol. The van der Waals surface area contributed by atoms with E-state index in [0.29, 0.717) is 24.5 Å². The predicted octanol–water partition coefficient (Wildman–Crippen LogP) is 3.18. The second kappa shape index (κ2) is 7.09. The molecule has 0 aliphatic carbocycles. The van der Waals surface area contributed by atoms with Gasteiger partial charge in [0.2, 0.25) is 0 Å². The maximum absolute atomic E-state index is 12.5. The van der Waals surface area contributed by atoms with Crippen molar-refractivity contribution in [3.05, 3.63) is 36.4 Å². The smallest absolute Gasteiger partial charge is 0.323 e. The summed E-state index contributed by atoms with van der Waals surface area (Å²) in [6.45, 7) is 4.75. The van der Waals surface area contributed by atoms with E-state index in [-0.39, 0.29) is 18.1 Å². The number of aliphatic hydroxyl groups excluding tert-OH is 1. The lowest BCUT2D eigenvalue weighted by Crippen LogP contribution is -2.39. The van der Waals surface area contributed by atoms with Crippen molar-refractivity contribution < 1.29 is 14.3 Å². The molecule has 7 nitrogen and oxygen atoms in total. The van der Waals surface area contributed by atoms with Crippen molar-refractivity contribution in [2.75, 3.05) is 11.9 Å². The van der Waals surface area contributed by atoms with E-state index in [1.54, 1.807) is 34.0 Å². The Morgan fingerprint density at radius 1 is 1.50 bits per heavy atom. The fourth-order valence-electron chi connectivity index (χ4n) is 3.08. The van der Waals surface area contributed by atoms with E-state index in [1.165, 1.54) is 0 Å². The van der Waals surface area contributed by atoms with Crippen molar-refractivity contribution in [1.29, 1.82) is 0 Å². The molecule has 2 aromatic heterocycles. The van der Waals surface area contributed by atoms with Gasteiger partial charge in [-0.05, 0) is 38.8 Å². The highest BCUT2D eigenvalue weighted by molar-refractivity contribution is 5.88. The van der Waals surface area contributed by atoms with Crippen LogP contribution in [0.5, 0.6) is 0 Å². The summed E-state index contributed by atoms with van der Waals surface area (Å²) in [7, 11) is 0. The zero-order valence-electron chi connectivity index (χ0n) is 14.1. The number of carbonyl (C=O) groups excluding carboxylic acids is 1. The molecule has 0 unspecified atom stereocenters. The summed E-state index contributed by atoms with van der Waals surface area (Å²) in [6, 6.07) is 5.38. The molecule has 2 atom stereocenters. The highest BCUT2D eigenvalue weighted by atomic mass is 16.4. The third-order valence-electron chi connectivity index (χ3n) is 4.38. The minimum Gasteiger partial charge on any atom is -0.467 e. The lowest BCUT2D eigenvalue weighted by Gasteiger charge is -2.26. The van der Waals surface area contributed by atoms with Gasteiger partial charge in [-0.1, -0.05) is 0 Å². The van der Waals surface area contributed by atoms with Gasteiger partial charge < -0.3 is 14.4 Å². The van der Waals surface area contributed by atoms with Crippen LogP contribution < -0.4 is 5.32 Å². The molecule has 0 saturated carbocycles. The Morgan fingerprint density at radius 2 is 2.33 bits per heavy atom. The van der Waals surface area contributed by atoms with Crippen molar-refractivity contribution in [3.63, 3.8) is 0 Å². The number of nitrogens with one attached hydrogen (secondary N) is 1. The number of likely N-dealkylation sites (tertiary alicyclic amines) is 1. The summed E-state index contributed by atoms with van der Waals surface area (Å²) in [5, 5.41) is 17.4. The molecular weight excluding hydrogens is 308 g/mol. The number of carbonyl (C=O) groups is 1. The lowest BCUT2D eigenvalue weighted by molar-refractivity contribution is 0.110. The molecule has 2 amide bonds. The number of rotatable bonds is 5. The molecule has 3 rings (SSSR count). The van der Waals surface area contributed by atoms with Crippen LogP contribution >= 0.6 is 0 Å². The number of urea groups is 1. The van der Waals surface area contributed by atoms with Crippen molar-refractivity contribution in [2.24, 2.45) is 0 Å². The van der Waals surface area contributed by atoms with E-state index in [1.807, 2.05) is 20.0 Å². The van der Waals surface area contributed by atoms with Crippen molar-refractivity contribution in [3.8, 4) is 0 Å². The molecule has 0 radical (unpaired) electrons. The lowest BCUT2D eigenvalue weighted by atomic mass is 10.1. The van der Waals surface area contributed by atoms with Gasteiger partial charge in [-0.25, -0.2) is 4.79 Å². The van der Waals surface area contributed by atoms with E-state index < -0.39 is 6.10 Å². The molecule has 2 aromatic rings. The zero-order valence-corrected chi connectivity index (χ0v) is 14.1. The first-order valence-corrected chi connectivity index (χ1v) is 8.39. The third kappa shape index (κ3) is 3.62. The molecule has 130 valence electrons. The van der Waals surface area contributed by atoms with Crippen LogP contribution in [0, 0.1) is 0 Å². The van der Waals surface area contributed by atoms with Gasteiger partial charge in [0.15, 0.2) is 5.82 Å². The van der Waals surface area contributed by atoms with E-state index in [0.717, 1.165) is 12.8 Å². The number of nitrogens with zero attached hydrogens (tertiary/aromatic N) is 3. The Balaban J connectivity index is 1.60. The predicted molar refractivity (Wildman–Crippen MR) is 89.6 cm³/mol. The SMILES string of the molecule is CC(C)n1ccc(NC(=O)N2CCC[C@H]2C[C@@H](O)c2ccco2)n1. The molecule has 1 aliphatic rings. The standard InChI is InChI=1S/C17H24N4O3/c1-12(2)21-9-7-16(19-21)18-17(23)20-8-3-5-13(20)11-14(22)15-6-4-10-24-15/h4,6-7,9-10,12-14,22H,3,5,8,11H2,1-2H3,(H,18,19,23)/t13-,14+/m0/s1. The maximum atomic E-state index is 12.5. The van der Waals surface area contributed by atoms with Crippen LogP contribution in [0.4, 0.5) is 10.6 Å². The number of hydrogen-bond acceptors (Lipinski definition) is 4. The van der Waals surface area contributed by atoms with Crippen LogP contribution in [-0.2, 0) is 0 Å². The number of amides is 2. The summed E-state index contributed by atoms with van der Waals surface area (Å²) < 4.78 is 7.04. The maximum Gasteiger partial charge on any atom is 0.323 e. The zero-order chi connectivity index (χ0) is 17.1. The van der Waals surface area contributed by atoms with Gasteiger partial charge in [-0.15, -0.1) is 0 Å². The molecule has 0 bridgehead atoms. The number of aromatic nitrogens is 2. The van der Waals surface area contributed by atoms with Gasteiger partial charge in [-0.3, -0.25) is 10.00 Å². The van der Waals surface area contributed by atoms with Gasteiger partial charge in [0, 0.05) is 37.3 Å². The van der Waals surface area contributed by atoms with Gasteiger partial charge in [0.1, 0.15) is 11.9 Å². The molecule has 0 spiro atoms. The first kappa shape index (κ1) is 16.6. The highest BCUT2D eigenvalue weighted by Gasteiger charge is 2.31. The minimum atomic E-state index is -0.696. The van der Waals surface area contributed by atoms with E-state index in [2.05, 4.69) is 10.4 Å². The fraction of sp³-hybridized carbons (Fsp3) is 0.529. The van der Waals surface area contributed by atoms with Gasteiger partial charge >= 0.3 is 6.03 Å². The summed E-state index contributed by atoms with van der Waals surface area (Å²) in [6.07, 6.45) is 4.99. The molecule has 1 aliphatic heterocycles. The Hall–Kier alpha value is -2.28. The normalized spacial score (nSPS) is 19.0. The van der Waals surface area contributed by atoms with Crippen LogP contribution in [0.15, 0.2) is 35.1 Å². The van der Waals surface area contributed by atoms with Gasteiger partial charge in [0.25, 0.3) is 0 Å². The van der Waals surface area contributed by atoms with Gasteiger partial charge in [-0.2, -0.15) is 5.10 Å². The van der Waals surface area contributed by atoms with E-state index in [9.17, 15) is 9.90 Å². The first-order chi connectivity index (χ1) is 11.5. The van der Waals surface area contributed by atoms with E-state index in [4.69, 9.17) is 4.42 Å².